The number of halogens is 3. The first-order chi connectivity index (χ1) is 10.6. The maximum Gasteiger partial charge on any atom is 0.416 e. The highest BCUT2D eigenvalue weighted by Crippen LogP contribution is 2.39. The molecule has 1 aliphatic rings. The molecule has 2 rings (SSSR count). The molecule has 1 aromatic carbocycles. The number of hydrogen-bond acceptors (Lipinski definition) is 2. The van der Waals surface area contributed by atoms with Crippen LogP contribution in [0.3, 0.4) is 0 Å². The van der Waals surface area contributed by atoms with E-state index in [-0.39, 0.29) is 22.3 Å². The van der Waals surface area contributed by atoms with Gasteiger partial charge in [-0.1, -0.05) is 24.8 Å². The van der Waals surface area contributed by atoms with Crippen molar-refractivity contribution in [2.24, 2.45) is 5.92 Å². The molecule has 0 aliphatic carbocycles. The van der Waals surface area contributed by atoms with Gasteiger partial charge in [-0.05, 0) is 23.8 Å². The number of thiocarbonyl (C=S) groups is 1. The van der Waals surface area contributed by atoms with Crippen LogP contribution in [0, 0.1) is 5.92 Å². The monoisotopic (exact) mass is 343 g/mol. The van der Waals surface area contributed by atoms with Gasteiger partial charge in [0.15, 0.2) is 5.11 Å². The fourth-order valence-electron chi connectivity index (χ4n) is 2.54. The average Bonchev–Trinajstić information content (AvgIpc) is 2.44. The third kappa shape index (κ3) is 3.47. The molecule has 8 heteroatoms. The van der Waals surface area contributed by atoms with Crippen molar-refractivity contribution in [1.29, 1.82) is 0 Å². The molecular weight excluding hydrogens is 327 g/mol. The molecule has 1 saturated heterocycles. The van der Waals surface area contributed by atoms with E-state index in [9.17, 15) is 18.0 Å². The molecule has 0 aromatic heterocycles. The number of amides is 1. The van der Waals surface area contributed by atoms with Crippen molar-refractivity contribution in [3.63, 3.8) is 0 Å². The van der Waals surface area contributed by atoms with Crippen LogP contribution >= 0.6 is 12.2 Å². The number of benzene rings is 1. The van der Waals surface area contributed by atoms with Gasteiger partial charge in [0.25, 0.3) is 0 Å². The Morgan fingerprint density at radius 3 is 2.48 bits per heavy atom. The second-order valence-electron chi connectivity index (χ2n) is 5.40. The second-order valence-corrected chi connectivity index (χ2v) is 5.80. The number of rotatable bonds is 2. The van der Waals surface area contributed by atoms with Crippen molar-refractivity contribution in [2.75, 3.05) is 14.1 Å². The van der Waals surface area contributed by atoms with Crippen molar-refractivity contribution in [3.8, 4) is 0 Å². The number of alkyl halides is 3. The fraction of sp³-hybridized carbons (Fsp3) is 0.333. The Balaban J connectivity index is 2.56. The summed E-state index contributed by atoms with van der Waals surface area (Å²) in [6.45, 7) is 3.75. The van der Waals surface area contributed by atoms with E-state index in [1.54, 1.807) is 0 Å². The topological polar surface area (TPSA) is 44.4 Å². The van der Waals surface area contributed by atoms with Crippen molar-refractivity contribution < 1.29 is 18.0 Å². The van der Waals surface area contributed by atoms with E-state index in [2.05, 4.69) is 17.2 Å². The van der Waals surface area contributed by atoms with E-state index >= 15 is 0 Å². The van der Waals surface area contributed by atoms with Crippen LogP contribution in [-0.4, -0.2) is 30.0 Å². The number of nitrogens with zero attached hydrogens (tertiary/aromatic N) is 1. The first kappa shape index (κ1) is 17.3. The molecule has 2 atom stereocenters. The molecule has 1 aliphatic heterocycles. The zero-order chi connectivity index (χ0) is 17.4. The lowest BCUT2D eigenvalue weighted by molar-refractivity contribution is -0.139. The van der Waals surface area contributed by atoms with Crippen LogP contribution in [0.5, 0.6) is 0 Å². The minimum atomic E-state index is -4.53. The van der Waals surface area contributed by atoms with Crippen molar-refractivity contribution >= 4 is 23.2 Å². The van der Waals surface area contributed by atoms with Gasteiger partial charge >= 0.3 is 6.18 Å². The van der Waals surface area contributed by atoms with E-state index < -0.39 is 23.7 Å². The highest BCUT2D eigenvalue weighted by molar-refractivity contribution is 7.80. The first-order valence-corrected chi connectivity index (χ1v) is 7.17. The molecule has 1 heterocycles. The Morgan fingerprint density at radius 1 is 1.30 bits per heavy atom. The predicted molar refractivity (Wildman–Crippen MR) is 84.4 cm³/mol. The summed E-state index contributed by atoms with van der Waals surface area (Å²) < 4.78 is 39.9. The molecule has 1 aromatic rings. The molecule has 1 fully saturated rings. The maximum absolute atomic E-state index is 13.3. The lowest BCUT2D eigenvalue weighted by Gasteiger charge is -2.37. The third-order valence-corrected chi connectivity index (χ3v) is 3.80. The highest BCUT2D eigenvalue weighted by atomic mass is 32.1. The predicted octanol–water partition coefficient (Wildman–Crippen LogP) is 2.44. The minimum absolute atomic E-state index is 0.0369. The summed E-state index contributed by atoms with van der Waals surface area (Å²) in [6.07, 6.45) is -4.53. The minimum Gasteiger partial charge on any atom is -0.354 e. The summed E-state index contributed by atoms with van der Waals surface area (Å²) >= 11 is 5.01. The fourth-order valence-corrected chi connectivity index (χ4v) is 2.80. The van der Waals surface area contributed by atoms with Crippen molar-refractivity contribution in [1.82, 2.24) is 15.5 Å². The molecule has 2 N–H and O–H groups in total. The van der Waals surface area contributed by atoms with Crippen LogP contribution in [0.15, 0.2) is 36.5 Å². The zero-order valence-electron chi connectivity index (χ0n) is 12.6. The normalized spacial score (nSPS) is 21.4. The summed E-state index contributed by atoms with van der Waals surface area (Å²) in [6, 6.07) is 4.20. The number of hydrogen-bond donors (Lipinski definition) is 2. The summed E-state index contributed by atoms with van der Waals surface area (Å²) in [5.41, 5.74) is -0.564. The Morgan fingerprint density at radius 2 is 1.91 bits per heavy atom. The molecule has 0 bridgehead atoms. The van der Waals surface area contributed by atoms with Crippen molar-refractivity contribution in [2.45, 2.75) is 12.2 Å². The standard InChI is InChI=1S/C15H16F3N3OS/c1-8-11(13(22)21(2)3)12(20-14(23)19-8)9-6-4-5-7-10(9)15(16,17)18/h4-7,11-12H,1H2,2-3H3,(H2,19,20,23)/t11-,12+/m1/s1. The first-order valence-electron chi connectivity index (χ1n) is 6.76. The Hall–Kier alpha value is -2.09. The molecule has 23 heavy (non-hydrogen) atoms. The lowest BCUT2D eigenvalue weighted by atomic mass is 9.85. The van der Waals surface area contributed by atoms with E-state index in [1.807, 2.05) is 0 Å². The van der Waals surface area contributed by atoms with Gasteiger partial charge in [0, 0.05) is 19.8 Å². The van der Waals surface area contributed by atoms with E-state index in [1.165, 1.54) is 37.2 Å². The number of carbonyl (C=O) groups is 1. The Labute approximate surface area is 137 Å². The molecule has 0 spiro atoms. The number of nitrogens with one attached hydrogen (secondary N) is 2. The van der Waals surface area contributed by atoms with Crippen molar-refractivity contribution in [3.05, 3.63) is 47.7 Å². The largest absolute Gasteiger partial charge is 0.416 e. The van der Waals surface area contributed by atoms with Gasteiger partial charge in [0.2, 0.25) is 5.91 Å². The Kier molecular flexibility index (Phi) is 4.65. The smallest absolute Gasteiger partial charge is 0.354 e. The molecule has 0 saturated carbocycles. The molecule has 1 amide bonds. The third-order valence-electron chi connectivity index (χ3n) is 3.58. The number of carbonyl (C=O) groups excluding carboxylic acids is 1. The molecule has 0 radical (unpaired) electrons. The molecular formula is C15H16F3N3OS. The van der Waals surface area contributed by atoms with Gasteiger partial charge < -0.3 is 15.5 Å². The summed E-state index contributed by atoms with van der Waals surface area (Å²) in [4.78, 5) is 13.7. The Bertz CT molecular complexity index is 658. The van der Waals surface area contributed by atoms with Gasteiger partial charge in [-0.3, -0.25) is 4.79 Å². The summed E-state index contributed by atoms with van der Waals surface area (Å²) in [5.74, 6) is -1.26. The zero-order valence-corrected chi connectivity index (χ0v) is 13.4. The summed E-state index contributed by atoms with van der Waals surface area (Å²) in [5, 5.41) is 5.63. The molecule has 0 unspecified atom stereocenters. The highest BCUT2D eigenvalue weighted by Gasteiger charge is 2.42. The van der Waals surface area contributed by atoms with Crippen LogP contribution in [0.25, 0.3) is 0 Å². The van der Waals surface area contributed by atoms with Gasteiger partial charge in [0.05, 0.1) is 11.6 Å². The molecule has 124 valence electrons. The van der Waals surface area contributed by atoms with Gasteiger partial charge in [0.1, 0.15) is 5.92 Å². The van der Waals surface area contributed by atoms with E-state index in [0.717, 1.165) is 6.07 Å². The molecule has 4 nitrogen and oxygen atoms in total. The van der Waals surface area contributed by atoms with Crippen LogP contribution in [-0.2, 0) is 11.0 Å². The summed E-state index contributed by atoms with van der Waals surface area (Å²) in [7, 11) is 3.07. The van der Waals surface area contributed by atoms with Gasteiger partial charge in [-0.25, -0.2) is 0 Å². The van der Waals surface area contributed by atoms with Crippen LogP contribution in [0.4, 0.5) is 13.2 Å². The quantitative estimate of drug-likeness (QED) is 0.810. The average molecular weight is 343 g/mol. The van der Waals surface area contributed by atoms with Crippen LogP contribution < -0.4 is 10.6 Å². The van der Waals surface area contributed by atoms with E-state index in [0.29, 0.717) is 0 Å². The lowest BCUT2D eigenvalue weighted by Crippen LogP contribution is -2.53. The van der Waals surface area contributed by atoms with Gasteiger partial charge in [-0.15, -0.1) is 0 Å². The van der Waals surface area contributed by atoms with Gasteiger partial charge in [-0.2, -0.15) is 13.2 Å². The van der Waals surface area contributed by atoms with Crippen LogP contribution in [0.2, 0.25) is 0 Å². The SMILES string of the molecule is C=C1NC(=S)N[C@@H](c2ccccc2C(F)(F)F)[C@@H]1C(=O)N(C)C. The van der Waals surface area contributed by atoms with Crippen LogP contribution in [0.1, 0.15) is 17.2 Å². The maximum atomic E-state index is 13.3. The second kappa shape index (κ2) is 6.19. The van der Waals surface area contributed by atoms with E-state index in [4.69, 9.17) is 12.2 Å².